The molecule has 66 valence electrons. The van der Waals surface area contributed by atoms with E-state index >= 15 is 0 Å². The topological polar surface area (TPSA) is 43.7 Å². The number of nitrogens with zero attached hydrogens (tertiary/aromatic N) is 1. The highest BCUT2D eigenvalue weighted by Gasteiger charge is 2.24. The molecule has 1 saturated heterocycles. The summed E-state index contributed by atoms with van der Waals surface area (Å²) < 4.78 is 0. The molecule has 3 heteroatoms. The zero-order valence-corrected chi connectivity index (χ0v) is 7.03. The lowest BCUT2D eigenvalue weighted by Gasteiger charge is -2.35. The largest absolute Gasteiger partial charge is 0.395 e. The fraction of sp³-hybridized carbons (Fsp3) is 1.00. The molecule has 0 aromatic heterocycles. The molecule has 11 heavy (non-hydrogen) atoms. The molecule has 1 aliphatic heterocycles. The van der Waals surface area contributed by atoms with Gasteiger partial charge in [0.2, 0.25) is 0 Å². The van der Waals surface area contributed by atoms with Crippen LogP contribution < -0.4 is 0 Å². The zero-order valence-electron chi connectivity index (χ0n) is 7.03. The minimum absolute atomic E-state index is 0.172. The second-order valence-corrected chi connectivity index (χ2v) is 3.14. The molecule has 0 aromatic rings. The quantitative estimate of drug-likeness (QED) is 0.587. The van der Waals surface area contributed by atoms with Gasteiger partial charge in [-0.1, -0.05) is 6.92 Å². The molecule has 1 fully saturated rings. The summed E-state index contributed by atoms with van der Waals surface area (Å²) in [5, 5.41) is 18.2. The van der Waals surface area contributed by atoms with Crippen molar-refractivity contribution in [1.29, 1.82) is 0 Å². The molecular weight excluding hydrogens is 142 g/mol. The van der Waals surface area contributed by atoms with Gasteiger partial charge in [-0.05, 0) is 19.4 Å². The van der Waals surface area contributed by atoms with Gasteiger partial charge >= 0.3 is 0 Å². The van der Waals surface area contributed by atoms with Crippen molar-refractivity contribution in [2.24, 2.45) is 0 Å². The minimum atomic E-state index is -0.199. The Bertz CT molecular complexity index is 119. The van der Waals surface area contributed by atoms with Crippen molar-refractivity contribution < 1.29 is 10.2 Å². The Morgan fingerprint density at radius 1 is 1.55 bits per heavy atom. The Hall–Kier alpha value is -0.120. The first kappa shape index (κ1) is 8.97. The Kier molecular flexibility index (Phi) is 3.30. The van der Waals surface area contributed by atoms with E-state index in [0.717, 1.165) is 25.9 Å². The van der Waals surface area contributed by atoms with E-state index in [1.807, 2.05) is 0 Å². The third-order valence-electron chi connectivity index (χ3n) is 2.43. The molecule has 0 aliphatic carbocycles. The Balaban J connectivity index is 2.41. The Morgan fingerprint density at radius 2 is 2.27 bits per heavy atom. The summed E-state index contributed by atoms with van der Waals surface area (Å²) in [7, 11) is 0. The van der Waals surface area contributed by atoms with Crippen molar-refractivity contribution in [3.8, 4) is 0 Å². The molecule has 1 heterocycles. The first-order valence-corrected chi connectivity index (χ1v) is 4.31. The number of likely N-dealkylation sites (N-methyl/N-ethyl adjacent to an activating group) is 1. The highest BCUT2D eigenvalue weighted by atomic mass is 16.3. The molecule has 1 rings (SSSR count). The fourth-order valence-electron chi connectivity index (χ4n) is 1.68. The monoisotopic (exact) mass is 159 g/mol. The first-order chi connectivity index (χ1) is 5.27. The Morgan fingerprint density at radius 3 is 2.82 bits per heavy atom. The maximum atomic E-state index is 9.29. The van der Waals surface area contributed by atoms with Crippen LogP contribution in [0, 0.1) is 0 Å². The van der Waals surface area contributed by atoms with Crippen LogP contribution in [0.25, 0.3) is 0 Å². The summed E-state index contributed by atoms with van der Waals surface area (Å²) in [6.07, 6.45) is 1.38. The third-order valence-corrected chi connectivity index (χ3v) is 2.43. The van der Waals surface area contributed by atoms with Gasteiger partial charge < -0.3 is 10.2 Å². The van der Waals surface area contributed by atoms with Gasteiger partial charge in [0, 0.05) is 12.6 Å². The van der Waals surface area contributed by atoms with Gasteiger partial charge in [0.05, 0.1) is 12.7 Å². The van der Waals surface area contributed by atoms with Crippen molar-refractivity contribution in [3.05, 3.63) is 0 Å². The number of aliphatic hydroxyl groups excluding tert-OH is 2. The summed E-state index contributed by atoms with van der Waals surface area (Å²) >= 11 is 0. The average Bonchev–Trinajstić information content (AvgIpc) is 2.04. The van der Waals surface area contributed by atoms with Gasteiger partial charge in [-0.2, -0.15) is 0 Å². The van der Waals surface area contributed by atoms with E-state index in [9.17, 15) is 5.11 Å². The van der Waals surface area contributed by atoms with E-state index in [0.29, 0.717) is 0 Å². The van der Waals surface area contributed by atoms with E-state index in [1.54, 1.807) is 0 Å². The molecule has 2 atom stereocenters. The van der Waals surface area contributed by atoms with Crippen LogP contribution >= 0.6 is 0 Å². The summed E-state index contributed by atoms with van der Waals surface area (Å²) in [4.78, 5) is 2.22. The second-order valence-electron chi connectivity index (χ2n) is 3.14. The molecular formula is C8H17NO2. The molecule has 0 saturated carbocycles. The summed E-state index contributed by atoms with van der Waals surface area (Å²) in [5.41, 5.74) is 0. The molecule has 0 aromatic carbocycles. The number of likely N-dealkylation sites (tertiary alicyclic amines) is 1. The molecule has 2 unspecified atom stereocenters. The average molecular weight is 159 g/mol. The number of hydrogen-bond donors (Lipinski definition) is 2. The molecule has 1 aliphatic rings. The van der Waals surface area contributed by atoms with E-state index in [1.165, 1.54) is 0 Å². The highest BCUT2D eigenvalue weighted by Crippen LogP contribution is 2.16. The number of rotatable bonds is 2. The SMILES string of the molecule is CCN1CCC(O)CC1CO. The van der Waals surface area contributed by atoms with E-state index in [2.05, 4.69) is 11.8 Å². The van der Waals surface area contributed by atoms with Crippen LogP contribution in [0.15, 0.2) is 0 Å². The minimum Gasteiger partial charge on any atom is -0.395 e. The molecule has 0 spiro atoms. The van der Waals surface area contributed by atoms with Gasteiger partial charge in [0.15, 0.2) is 0 Å². The van der Waals surface area contributed by atoms with Crippen molar-refractivity contribution in [2.75, 3.05) is 19.7 Å². The maximum absolute atomic E-state index is 9.29. The van der Waals surface area contributed by atoms with Crippen LogP contribution in [0.5, 0.6) is 0 Å². The fourth-order valence-corrected chi connectivity index (χ4v) is 1.68. The summed E-state index contributed by atoms with van der Waals surface area (Å²) in [5.74, 6) is 0. The van der Waals surface area contributed by atoms with Gasteiger partial charge in [-0.25, -0.2) is 0 Å². The van der Waals surface area contributed by atoms with Crippen LogP contribution in [-0.2, 0) is 0 Å². The van der Waals surface area contributed by atoms with Gasteiger partial charge in [0.1, 0.15) is 0 Å². The number of hydrogen-bond acceptors (Lipinski definition) is 3. The van der Waals surface area contributed by atoms with E-state index < -0.39 is 0 Å². The normalized spacial score (nSPS) is 34.1. The van der Waals surface area contributed by atoms with Gasteiger partial charge in [-0.15, -0.1) is 0 Å². The van der Waals surface area contributed by atoms with Crippen molar-refractivity contribution in [3.63, 3.8) is 0 Å². The van der Waals surface area contributed by atoms with Crippen LogP contribution in [0.1, 0.15) is 19.8 Å². The van der Waals surface area contributed by atoms with Crippen LogP contribution in [0.4, 0.5) is 0 Å². The highest BCUT2D eigenvalue weighted by molar-refractivity contribution is 4.79. The molecule has 0 radical (unpaired) electrons. The lowest BCUT2D eigenvalue weighted by Crippen LogP contribution is -2.45. The van der Waals surface area contributed by atoms with E-state index in [4.69, 9.17) is 5.11 Å². The van der Waals surface area contributed by atoms with Crippen molar-refractivity contribution in [1.82, 2.24) is 4.90 Å². The van der Waals surface area contributed by atoms with Crippen LogP contribution in [-0.4, -0.2) is 47.0 Å². The lowest BCUT2D eigenvalue weighted by molar-refractivity contribution is 0.0199. The number of aliphatic hydroxyl groups is 2. The molecule has 3 nitrogen and oxygen atoms in total. The van der Waals surface area contributed by atoms with Crippen LogP contribution in [0.2, 0.25) is 0 Å². The molecule has 0 amide bonds. The first-order valence-electron chi connectivity index (χ1n) is 4.31. The Labute approximate surface area is 67.6 Å². The predicted molar refractivity (Wildman–Crippen MR) is 43.4 cm³/mol. The zero-order chi connectivity index (χ0) is 8.27. The molecule has 2 N–H and O–H groups in total. The van der Waals surface area contributed by atoms with Crippen molar-refractivity contribution in [2.45, 2.75) is 31.9 Å². The maximum Gasteiger partial charge on any atom is 0.0587 e. The van der Waals surface area contributed by atoms with Gasteiger partial charge in [0.25, 0.3) is 0 Å². The van der Waals surface area contributed by atoms with Crippen molar-refractivity contribution >= 4 is 0 Å². The van der Waals surface area contributed by atoms with Crippen LogP contribution in [0.3, 0.4) is 0 Å². The predicted octanol–water partition coefficient (Wildman–Crippen LogP) is -0.176. The van der Waals surface area contributed by atoms with Gasteiger partial charge in [-0.3, -0.25) is 4.90 Å². The summed E-state index contributed by atoms with van der Waals surface area (Å²) in [6, 6.07) is 0.184. The third kappa shape index (κ3) is 2.15. The smallest absolute Gasteiger partial charge is 0.0587 e. The standard InChI is InChI=1S/C8H17NO2/c1-2-9-4-3-8(11)5-7(9)6-10/h7-8,10-11H,2-6H2,1H3. The number of piperidine rings is 1. The lowest BCUT2D eigenvalue weighted by atomic mass is 10.0. The van der Waals surface area contributed by atoms with E-state index in [-0.39, 0.29) is 18.8 Å². The summed E-state index contributed by atoms with van der Waals surface area (Å²) in [6.45, 7) is 4.14. The molecule has 0 bridgehead atoms. The second kappa shape index (κ2) is 4.04.